The molecule has 1 saturated heterocycles. The first-order valence-electron chi connectivity index (χ1n) is 7.04. The van der Waals surface area contributed by atoms with E-state index in [4.69, 9.17) is 5.11 Å². The minimum Gasteiger partial charge on any atom is -0.478 e. The maximum absolute atomic E-state index is 11.1. The predicted octanol–water partition coefficient (Wildman–Crippen LogP) is 3.07. The highest BCUT2D eigenvalue weighted by atomic mass is 79.9. The SMILES string of the molecule is CCC(C)N1CCN(c2cc(Br)cc(C(=O)O)c2)CC1. The van der Waals surface area contributed by atoms with E-state index in [0.29, 0.717) is 11.6 Å². The number of halogens is 1. The van der Waals surface area contributed by atoms with Crippen molar-refractivity contribution in [1.29, 1.82) is 0 Å². The lowest BCUT2D eigenvalue weighted by atomic mass is 10.1. The van der Waals surface area contributed by atoms with Gasteiger partial charge in [-0.2, -0.15) is 0 Å². The van der Waals surface area contributed by atoms with Crippen molar-refractivity contribution in [1.82, 2.24) is 4.90 Å². The van der Waals surface area contributed by atoms with Crippen molar-refractivity contribution in [3.63, 3.8) is 0 Å². The number of benzene rings is 1. The van der Waals surface area contributed by atoms with Crippen molar-refractivity contribution in [3.8, 4) is 0 Å². The number of rotatable bonds is 4. The van der Waals surface area contributed by atoms with Crippen LogP contribution in [0, 0.1) is 0 Å². The number of carboxylic acid groups (broad SMARTS) is 1. The van der Waals surface area contributed by atoms with Gasteiger partial charge in [0.1, 0.15) is 0 Å². The van der Waals surface area contributed by atoms with Crippen molar-refractivity contribution in [2.24, 2.45) is 0 Å². The standard InChI is InChI=1S/C15H21BrN2O2/c1-3-11(2)17-4-6-18(7-5-17)14-9-12(15(19)20)8-13(16)10-14/h8-11H,3-7H2,1-2H3,(H,19,20). The molecule has 4 nitrogen and oxygen atoms in total. The van der Waals surface area contributed by atoms with Gasteiger partial charge in [0.05, 0.1) is 5.56 Å². The van der Waals surface area contributed by atoms with Crippen LogP contribution in [0.2, 0.25) is 0 Å². The summed E-state index contributed by atoms with van der Waals surface area (Å²) in [5, 5.41) is 9.13. The van der Waals surface area contributed by atoms with Crippen LogP contribution >= 0.6 is 15.9 Å². The lowest BCUT2D eigenvalue weighted by Crippen LogP contribution is -2.49. The monoisotopic (exact) mass is 340 g/mol. The molecule has 1 heterocycles. The van der Waals surface area contributed by atoms with E-state index >= 15 is 0 Å². The molecule has 1 aliphatic rings. The third kappa shape index (κ3) is 3.52. The highest BCUT2D eigenvalue weighted by molar-refractivity contribution is 9.10. The van der Waals surface area contributed by atoms with E-state index in [1.165, 1.54) is 6.42 Å². The second kappa shape index (κ2) is 6.59. The summed E-state index contributed by atoms with van der Waals surface area (Å²) in [6.07, 6.45) is 1.17. The Morgan fingerprint density at radius 1 is 1.30 bits per heavy atom. The van der Waals surface area contributed by atoms with Gasteiger partial charge in [-0.15, -0.1) is 0 Å². The third-order valence-corrected chi connectivity index (χ3v) is 4.48. The molecule has 1 atom stereocenters. The first-order chi connectivity index (χ1) is 9.51. The van der Waals surface area contributed by atoms with E-state index in [1.807, 2.05) is 6.07 Å². The summed E-state index contributed by atoms with van der Waals surface area (Å²) in [7, 11) is 0. The Kier molecular flexibility index (Phi) is 5.05. The highest BCUT2D eigenvalue weighted by Crippen LogP contribution is 2.24. The number of nitrogens with zero attached hydrogens (tertiary/aromatic N) is 2. The molecule has 20 heavy (non-hydrogen) atoms. The van der Waals surface area contributed by atoms with E-state index < -0.39 is 5.97 Å². The maximum Gasteiger partial charge on any atom is 0.335 e. The van der Waals surface area contributed by atoms with Gasteiger partial charge in [0, 0.05) is 42.4 Å². The Morgan fingerprint density at radius 3 is 2.50 bits per heavy atom. The second-order valence-electron chi connectivity index (χ2n) is 5.28. The smallest absolute Gasteiger partial charge is 0.335 e. The minimum absolute atomic E-state index is 0.332. The van der Waals surface area contributed by atoms with E-state index in [0.717, 1.165) is 36.3 Å². The topological polar surface area (TPSA) is 43.8 Å². The van der Waals surface area contributed by atoms with Gasteiger partial charge in [0.25, 0.3) is 0 Å². The number of carbonyl (C=O) groups is 1. The molecule has 0 spiro atoms. The van der Waals surface area contributed by atoms with E-state index in [9.17, 15) is 4.79 Å². The maximum atomic E-state index is 11.1. The van der Waals surface area contributed by atoms with E-state index in [2.05, 4.69) is 39.6 Å². The molecule has 110 valence electrons. The molecular weight excluding hydrogens is 320 g/mol. The van der Waals surface area contributed by atoms with Gasteiger partial charge in [-0.3, -0.25) is 4.90 Å². The fraction of sp³-hybridized carbons (Fsp3) is 0.533. The lowest BCUT2D eigenvalue weighted by Gasteiger charge is -2.39. The van der Waals surface area contributed by atoms with Gasteiger partial charge >= 0.3 is 5.97 Å². The van der Waals surface area contributed by atoms with Gasteiger partial charge in [0.15, 0.2) is 0 Å². The molecule has 1 aromatic rings. The molecular formula is C15H21BrN2O2. The summed E-state index contributed by atoms with van der Waals surface area (Å²) in [6, 6.07) is 6.01. The quantitative estimate of drug-likeness (QED) is 0.914. The molecule has 1 fully saturated rings. The van der Waals surface area contributed by atoms with Gasteiger partial charge < -0.3 is 10.0 Å². The second-order valence-corrected chi connectivity index (χ2v) is 6.20. The van der Waals surface area contributed by atoms with Crippen molar-refractivity contribution < 1.29 is 9.90 Å². The van der Waals surface area contributed by atoms with Crippen LogP contribution in [0.5, 0.6) is 0 Å². The Hall–Kier alpha value is -1.07. The summed E-state index contributed by atoms with van der Waals surface area (Å²) in [6.45, 7) is 8.43. The molecule has 0 aliphatic carbocycles. The molecule has 1 aliphatic heterocycles. The number of hydrogen-bond acceptors (Lipinski definition) is 3. The fourth-order valence-corrected chi connectivity index (χ4v) is 3.04. The molecule has 0 aromatic heterocycles. The van der Waals surface area contributed by atoms with Crippen LogP contribution < -0.4 is 4.90 Å². The van der Waals surface area contributed by atoms with Crippen LogP contribution in [-0.2, 0) is 0 Å². The van der Waals surface area contributed by atoms with Gasteiger partial charge in [0.2, 0.25) is 0 Å². The Labute approximate surface area is 128 Å². The van der Waals surface area contributed by atoms with Gasteiger partial charge in [-0.25, -0.2) is 4.79 Å². The summed E-state index contributed by atoms with van der Waals surface area (Å²) in [4.78, 5) is 15.9. The van der Waals surface area contributed by atoms with E-state index in [1.54, 1.807) is 12.1 Å². The Bertz CT molecular complexity index is 485. The average Bonchev–Trinajstić information content (AvgIpc) is 2.46. The van der Waals surface area contributed by atoms with Crippen LogP contribution in [0.1, 0.15) is 30.6 Å². The molecule has 0 saturated carbocycles. The normalized spacial score (nSPS) is 18.1. The summed E-state index contributed by atoms with van der Waals surface area (Å²) in [5.74, 6) is -0.884. The molecule has 2 rings (SSSR count). The van der Waals surface area contributed by atoms with E-state index in [-0.39, 0.29) is 0 Å². The number of anilines is 1. The zero-order valence-electron chi connectivity index (χ0n) is 12.0. The third-order valence-electron chi connectivity index (χ3n) is 4.02. The van der Waals surface area contributed by atoms with Crippen LogP contribution in [0.4, 0.5) is 5.69 Å². The predicted molar refractivity (Wildman–Crippen MR) is 84.6 cm³/mol. The molecule has 1 N–H and O–H groups in total. The first kappa shape index (κ1) is 15.3. The molecule has 1 unspecified atom stereocenters. The van der Waals surface area contributed by atoms with Gasteiger partial charge in [-0.05, 0) is 31.5 Å². The molecule has 1 aromatic carbocycles. The number of piperazine rings is 1. The Morgan fingerprint density at radius 2 is 1.95 bits per heavy atom. The highest BCUT2D eigenvalue weighted by Gasteiger charge is 2.21. The molecule has 5 heteroatoms. The summed E-state index contributed by atoms with van der Waals surface area (Å²) < 4.78 is 0.816. The molecule has 0 radical (unpaired) electrons. The Balaban J connectivity index is 2.09. The zero-order valence-corrected chi connectivity index (χ0v) is 13.6. The van der Waals surface area contributed by atoms with Crippen LogP contribution in [-0.4, -0.2) is 48.2 Å². The molecule has 0 bridgehead atoms. The van der Waals surface area contributed by atoms with Crippen LogP contribution in [0.25, 0.3) is 0 Å². The molecule has 0 amide bonds. The van der Waals surface area contributed by atoms with Gasteiger partial charge in [-0.1, -0.05) is 22.9 Å². The average molecular weight is 341 g/mol. The van der Waals surface area contributed by atoms with Crippen LogP contribution in [0.3, 0.4) is 0 Å². The van der Waals surface area contributed by atoms with Crippen LogP contribution in [0.15, 0.2) is 22.7 Å². The summed E-state index contributed by atoms with van der Waals surface area (Å²) >= 11 is 3.39. The van der Waals surface area contributed by atoms with Crippen molar-refractivity contribution in [2.45, 2.75) is 26.3 Å². The largest absolute Gasteiger partial charge is 0.478 e. The lowest BCUT2D eigenvalue weighted by molar-refractivity contribution is 0.0697. The first-order valence-corrected chi connectivity index (χ1v) is 7.83. The summed E-state index contributed by atoms with van der Waals surface area (Å²) in [5.41, 5.74) is 1.32. The van der Waals surface area contributed by atoms with Crippen molar-refractivity contribution >= 4 is 27.6 Å². The zero-order chi connectivity index (χ0) is 14.7. The van der Waals surface area contributed by atoms with Crippen molar-refractivity contribution in [2.75, 3.05) is 31.1 Å². The minimum atomic E-state index is -0.884. The fourth-order valence-electron chi connectivity index (χ4n) is 2.56. The number of hydrogen-bond donors (Lipinski definition) is 1. The number of carboxylic acids is 1. The number of aromatic carboxylic acids is 1. The van der Waals surface area contributed by atoms with Crippen molar-refractivity contribution in [3.05, 3.63) is 28.2 Å².